The lowest BCUT2D eigenvalue weighted by atomic mass is 10.2. The molecule has 108 valence electrons. The Labute approximate surface area is 125 Å². The van der Waals surface area contributed by atoms with E-state index >= 15 is 0 Å². The smallest absolute Gasteiger partial charge is 0.420 e. The first-order valence-electron chi connectivity index (χ1n) is 6.30. The number of fused-ring (bicyclic) bond motifs is 1. The molecule has 0 unspecified atom stereocenters. The van der Waals surface area contributed by atoms with E-state index in [1.807, 2.05) is 0 Å². The number of nitrogens with zero attached hydrogens (tertiary/aromatic N) is 1. The fourth-order valence-corrected chi connectivity index (χ4v) is 2.46. The molecular formula is C15H13ClN2O3. The minimum Gasteiger partial charge on any atom is -0.496 e. The summed E-state index contributed by atoms with van der Waals surface area (Å²) in [6, 6.07) is 10.3. The molecule has 2 N–H and O–H groups in total. The minimum absolute atomic E-state index is 0.291. The molecule has 2 aromatic carbocycles. The molecule has 1 heterocycles. The number of ether oxygens (including phenoxy) is 1. The molecule has 0 aliphatic heterocycles. The molecule has 1 aromatic heterocycles. The summed E-state index contributed by atoms with van der Waals surface area (Å²) < 4.78 is 12.0. The molecule has 5 nitrogen and oxygen atoms in total. The van der Waals surface area contributed by atoms with Crippen LogP contribution in [0.4, 0.5) is 5.69 Å². The summed E-state index contributed by atoms with van der Waals surface area (Å²) in [5.74, 6) is 0.210. The van der Waals surface area contributed by atoms with Gasteiger partial charge in [0.15, 0.2) is 5.58 Å². The predicted octanol–water partition coefficient (Wildman–Crippen LogP) is 2.89. The summed E-state index contributed by atoms with van der Waals surface area (Å²) in [4.78, 5) is 12.0. The summed E-state index contributed by atoms with van der Waals surface area (Å²) in [6.07, 6.45) is 0. The van der Waals surface area contributed by atoms with Crippen molar-refractivity contribution in [3.8, 4) is 5.75 Å². The van der Waals surface area contributed by atoms with Crippen molar-refractivity contribution >= 4 is 28.4 Å². The van der Waals surface area contributed by atoms with Crippen LogP contribution < -0.4 is 16.2 Å². The van der Waals surface area contributed by atoms with Gasteiger partial charge in [-0.3, -0.25) is 4.57 Å². The maximum Gasteiger partial charge on any atom is 0.420 e. The van der Waals surface area contributed by atoms with Gasteiger partial charge < -0.3 is 14.9 Å². The van der Waals surface area contributed by atoms with Crippen molar-refractivity contribution in [1.29, 1.82) is 0 Å². The van der Waals surface area contributed by atoms with E-state index in [-0.39, 0.29) is 0 Å². The van der Waals surface area contributed by atoms with Crippen LogP contribution in [0.2, 0.25) is 5.02 Å². The van der Waals surface area contributed by atoms with Gasteiger partial charge in [0.05, 0.1) is 19.2 Å². The lowest BCUT2D eigenvalue weighted by molar-refractivity contribution is 0.407. The Bertz CT molecular complexity index is 867. The van der Waals surface area contributed by atoms with E-state index in [1.54, 1.807) is 43.5 Å². The Hall–Kier alpha value is -2.40. The van der Waals surface area contributed by atoms with Gasteiger partial charge in [-0.15, -0.1) is 0 Å². The number of nitrogen functional groups attached to an aromatic ring is 1. The number of rotatable bonds is 3. The van der Waals surface area contributed by atoms with Gasteiger partial charge in [-0.2, -0.15) is 0 Å². The molecule has 0 fully saturated rings. The molecule has 0 aliphatic carbocycles. The average Bonchev–Trinajstić information content (AvgIpc) is 2.75. The van der Waals surface area contributed by atoms with Crippen LogP contribution in [0.5, 0.6) is 5.75 Å². The molecule has 0 spiro atoms. The molecule has 0 aliphatic rings. The summed E-state index contributed by atoms with van der Waals surface area (Å²) in [5, 5.41) is 0.575. The van der Waals surface area contributed by atoms with E-state index in [1.165, 1.54) is 4.57 Å². The van der Waals surface area contributed by atoms with Gasteiger partial charge in [-0.05, 0) is 36.4 Å². The van der Waals surface area contributed by atoms with Gasteiger partial charge in [0, 0.05) is 16.3 Å². The minimum atomic E-state index is -0.447. The molecule has 0 amide bonds. The van der Waals surface area contributed by atoms with Crippen molar-refractivity contribution in [3.63, 3.8) is 0 Å². The fraction of sp³-hybridized carbons (Fsp3) is 0.133. The molecule has 0 bridgehead atoms. The summed E-state index contributed by atoms with van der Waals surface area (Å²) in [7, 11) is 1.57. The van der Waals surface area contributed by atoms with Gasteiger partial charge in [0.1, 0.15) is 5.75 Å². The van der Waals surface area contributed by atoms with Crippen LogP contribution in [0.25, 0.3) is 11.1 Å². The molecular weight excluding hydrogens is 292 g/mol. The monoisotopic (exact) mass is 304 g/mol. The highest BCUT2D eigenvalue weighted by molar-refractivity contribution is 6.30. The van der Waals surface area contributed by atoms with Crippen LogP contribution in [0.1, 0.15) is 5.56 Å². The zero-order valence-electron chi connectivity index (χ0n) is 11.3. The maximum absolute atomic E-state index is 12.0. The SMILES string of the molecule is COc1ccc(Cl)cc1Cn1c(=O)oc2ccc(N)cc21. The zero-order chi connectivity index (χ0) is 15.0. The molecule has 0 atom stereocenters. The van der Waals surface area contributed by atoms with Crippen LogP contribution >= 0.6 is 11.6 Å². The second kappa shape index (κ2) is 5.18. The van der Waals surface area contributed by atoms with Crippen molar-refractivity contribution in [1.82, 2.24) is 4.57 Å². The third kappa shape index (κ3) is 2.48. The lowest BCUT2D eigenvalue weighted by Crippen LogP contribution is -2.15. The Morgan fingerprint density at radius 3 is 2.86 bits per heavy atom. The number of hydrogen-bond acceptors (Lipinski definition) is 4. The average molecular weight is 305 g/mol. The van der Waals surface area contributed by atoms with E-state index in [0.717, 1.165) is 5.56 Å². The van der Waals surface area contributed by atoms with E-state index < -0.39 is 5.76 Å². The summed E-state index contributed by atoms with van der Waals surface area (Å²) >= 11 is 6.01. The first-order chi connectivity index (χ1) is 10.1. The summed E-state index contributed by atoms with van der Waals surface area (Å²) in [5.41, 5.74) is 8.26. The third-order valence-corrected chi connectivity index (χ3v) is 3.50. The molecule has 3 aromatic rings. The van der Waals surface area contributed by atoms with Gasteiger partial charge in [-0.1, -0.05) is 11.6 Å². The van der Waals surface area contributed by atoms with E-state index in [9.17, 15) is 4.79 Å². The molecule has 3 rings (SSSR count). The van der Waals surface area contributed by atoms with Crippen LogP contribution in [0.15, 0.2) is 45.6 Å². The van der Waals surface area contributed by atoms with Crippen LogP contribution in [-0.2, 0) is 6.54 Å². The van der Waals surface area contributed by atoms with Crippen molar-refractivity contribution in [3.05, 3.63) is 57.5 Å². The van der Waals surface area contributed by atoms with E-state index in [4.69, 9.17) is 26.5 Å². The Kier molecular flexibility index (Phi) is 3.35. The maximum atomic E-state index is 12.0. The fourth-order valence-electron chi connectivity index (χ4n) is 2.27. The highest BCUT2D eigenvalue weighted by Crippen LogP contribution is 2.25. The van der Waals surface area contributed by atoms with Crippen molar-refractivity contribution < 1.29 is 9.15 Å². The number of methoxy groups -OCH3 is 1. The highest BCUT2D eigenvalue weighted by atomic mass is 35.5. The van der Waals surface area contributed by atoms with Gasteiger partial charge >= 0.3 is 5.76 Å². The number of anilines is 1. The van der Waals surface area contributed by atoms with Crippen molar-refractivity contribution in [2.45, 2.75) is 6.54 Å². The number of oxazole rings is 1. The van der Waals surface area contributed by atoms with Crippen molar-refractivity contribution in [2.75, 3.05) is 12.8 Å². The highest BCUT2D eigenvalue weighted by Gasteiger charge is 2.12. The van der Waals surface area contributed by atoms with Gasteiger partial charge in [0.25, 0.3) is 0 Å². The Morgan fingerprint density at radius 1 is 1.29 bits per heavy atom. The Balaban J connectivity index is 2.14. The number of halogens is 1. The second-order valence-corrected chi connectivity index (χ2v) is 5.07. The third-order valence-electron chi connectivity index (χ3n) is 3.26. The van der Waals surface area contributed by atoms with E-state index in [0.29, 0.717) is 34.1 Å². The number of aromatic nitrogens is 1. The molecule has 0 saturated heterocycles. The zero-order valence-corrected chi connectivity index (χ0v) is 12.1. The standard InChI is InChI=1S/C15H13ClN2O3/c1-20-13-4-2-10(16)6-9(13)8-18-12-7-11(17)3-5-14(12)21-15(18)19/h2-7H,8,17H2,1H3. The first-order valence-corrected chi connectivity index (χ1v) is 6.67. The largest absolute Gasteiger partial charge is 0.496 e. The molecule has 6 heteroatoms. The van der Waals surface area contributed by atoms with Gasteiger partial charge in [-0.25, -0.2) is 4.79 Å². The summed E-state index contributed by atoms with van der Waals surface area (Å²) in [6.45, 7) is 0.291. The first kappa shape index (κ1) is 13.6. The lowest BCUT2D eigenvalue weighted by Gasteiger charge is -2.09. The number of hydrogen-bond donors (Lipinski definition) is 1. The second-order valence-electron chi connectivity index (χ2n) is 4.64. The number of benzene rings is 2. The van der Waals surface area contributed by atoms with Crippen molar-refractivity contribution in [2.24, 2.45) is 0 Å². The van der Waals surface area contributed by atoms with Crippen LogP contribution in [0, 0.1) is 0 Å². The Morgan fingerprint density at radius 2 is 2.10 bits per heavy atom. The normalized spacial score (nSPS) is 11.0. The van der Waals surface area contributed by atoms with E-state index in [2.05, 4.69) is 0 Å². The predicted molar refractivity (Wildman–Crippen MR) is 82.0 cm³/mol. The molecule has 21 heavy (non-hydrogen) atoms. The quantitative estimate of drug-likeness (QED) is 0.755. The van der Waals surface area contributed by atoms with Crippen LogP contribution in [0.3, 0.4) is 0 Å². The van der Waals surface area contributed by atoms with Gasteiger partial charge in [0.2, 0.25) is 0 Å². The molecule has 0 radical (unpaired) electrons. The topological polar surface area (TPSA) is 70.4 Å². The van der Waals surface area contributed by atoms with Crippen LogP contribution in [-0.4, -0.2) is 11.7 Å². The molecule has 0 saturated carbocycles. The number of nitrogens with two attached hydrogens (primary N) is 1.